The Balaban J connectivity index is 1.94. The minimum Gasteiger partial charge on any atom is -0.487 e. The third-order valence-electron chi connectivity index (χ3n) is 5.32. The summed E-state index contributed by atoms with van der Waals surface area (Å²) in [6, 6.07) is 12.6. The molecule has 0 fully saturated rings. The monoisotopic (exact) mass is 574 g/mol. The highest BCUT2D eigenvalue weighted by Gasteiger charge is 2.49. The van der Waals surface area contributed by atoms with Crippen LogP contribution in [0.1, 0.15) is 27.0 Å². The molecule has 0 saturated heterocycles. The Morgan fingerprint density at radius 1 is 0.974 bits per heavy atom. The quantitative estimate of drug-likeness (QED) is 0.196. The summed E-state index contributed by atoms with van der Waals surface area (Å²) in [4.78, 5) is 12.7. The van der Waals surface area contributed by atoms with Gasteiger partial charge in [0.15, 0.2) is 0 Å². The van der Waals surface area contributed by atoms with Crippen molar-refractivity contribution < 1.29 is 44.3 Å². The molecule has 0 heterocycles. The van der Waals surface area contributed by atoms with E-state index in [9.17, 15) is 39.6 Å². The summed E-state index contributed by atoms with van der Waals surface area (Å²) >= 11 is 0. The van der Waals surface area contributed by atoms with Crippen LogP contribution < -0.4 is 20.1 Å². The van der Waals surface area contributed by atoms with Crippen LogP contribution in [0.5, 0.6) is 5.75 Å². The summed E-state index contributed by atoms with van der Waals surface area (Å²) in [5.74, 6) is -1.39. The summed E-state index contributed by atoms with van der Waals surface area (Å²) in [6.45, 7) is -0.441. The van der Waals surface area contributed by atoms with E-state index in [2.05, 4.69) is 5.32 Å². The fraction of sp³-hybridized carbons (Fsp3) is 0.167. The summed E-state index contributed by atoms with van der Waals surface area (Å²) in [5.41, 5.74) is -1.14. The second-order valence-corrected chi connectivity index (χ2v) is 9.99. The molecule has 0 saturated carbocycles. The highest BCUT2D eigenvalue weighted by atomic mass is 32.2. The number of alkyl halides is 6. The third-order valence-corrected chi connectivity index (χ3v) is 6.82. The van der Waals surface area contributed by atoms with Crippen molar-refractivity contribution in [3.05, 3.63) is 89.0 Å². The van der Waals surface area contributed by atoms with Crippen LogP contribution in [0.3, 0.4) is 0 Å². The zero-order valence-corrected chi connectivity index (χ0v) is 20.7. The number of nitrogens with two attached hydrogens (primary N) is 1. The maximum atomic E-state index is 13.2. The molecule has 8 nitrogen and oxygen atoms in total. The van der Waals surface area contributed by atoms with Crippen LogP contribution >= 0.6 is 0 Å². The number of nitrogen functional groups attached to an aromatic ring is 1. The average Bonchev–Trinajstić information content (AvgIpc) is 2.86. The van der Waals surface area contributed by atoms with Gasteiger partial charge in [0.1, 0.15) is 18.2 Å². The van der Waals surface area contributed by atoms with Crippen LogP contribution in [0.15, 0.2) is 66.7 Å². The first-order valence-corrected chi connectivity index (χ1v) is 12.2. The van der Waals surface area contributed by atoms with Gasteiger partial charge in [-0.25, -0.2) is 0 Å². The Morgan fingerprint density at radius 3 is 2.15 bits per heavy atom. The van der Waals surface area contributed by atoms with E-state index in [1.165, 1.54) is 24.3 Å². The Kier molecular flexibility index (Phi) is 8.14. The summed E-state index contributed by atoms with van der Waals surface area (Å²) in [7, 11) is -5.19. The first-order chi connectivity index (χ1) is 18.0. The van der Waals surface area contributed by atoms with Gasteiger partial charge in [-0.1, -0.05) is 24.3 Å². The molecule has 0 aliphatic rings. The molecular formula is C24H20F6N4O4S. The van der Waals surface area contributed by atoms with Gasteiger partial charge < -0.3 is 15.8 Å². The number of sulfonamides is 1. The molecule has 4 N–H and O–H groups in total. The van der Waals surface area contributed by atoms with Crippen molar-refractivity contribution in [2.24, 2.45) is 5.73 Å². The SMILES string of the molecule is CN(c1ccc(NC(=O)c2cccc(C(=N)N)c2)cc1OCc1ccc(C(F)(F)F)cc1)S(=O)(=O)C(F)(F)F. The topological polar surface area (TPSA) is 126 Å². The largest absolute Gasteiger partial charge is 0.516 e. The molecular weight excluding hydrogens is 554 g/mol. The number of nitrogens with one attached hydrogen (secondary N) is 2. The average molecular weight is 575 g/mol. The van der Waals surface area contributed by atoms with Crippen LogP contribution in [0.25, 0.3) is 0 Å². The molecule has 3 aromatic carbocycles. The van der Waals surface area contributed by atoms with Gasteiger partial charge in [-0.3, -0.25) is 14.5 Å². The molecule has 0 radical (unpaired) electrons. The van der Waals surface area contributed by atoms with Gasteiger partial charge in [-0.05, 0) is 42.0 Å². The molecule has 0 aromatic heterocycles. The molecule has 0 aliphatic carbocycles. The van der Waals surface area contributed by atoms with Crippen molar-refractivity contribution in [2.75, 3.05) is 16.7 Å². The molecule has 3 rings (SSSR count). The summed E-state index contributed by atoms with van der Waals surface area (Å²) in [5, 5.41) is 9.96. The molecule has 1 amide bonds. The highest BCUT2D eigenvalue weighted by Crippen LogP contribution is 2.37. The number of nitrogens with zero attached hydrogens (tertiary/aromatic N) is 1. The van der Waals surface area contributed by atoms with E-state index in [1.54, 1.807) is 0 Å². The first kappa shape index (κ1) is 29.3. The number of carbonyl (C=O) groups excluding carboxylic acids is 1. The lowest BCUT2D eigenvalue weighted by Crippen LogP contribution is -2.38. The zero-order chi connectivity index (χ0) is 29.2. The molecule has 0 spiro atoms. The van der Waals surface area contributed by atoms with E-state index in [4.69, 9.17) is 15.9 Å². The molecule has 0 aliphatic heterocycles. The zero-order valence-electron chi connectivity index (χ0n) is 19.9. The lowest BCUT2D eigenvalue weighted by Gasteiger charge is -2.24. The van der Waals surface area contributed by atoms with Gasteiger partial charge in [0.2, 0.25) is 0 Å². The van der Waals surface area contributed by atoms with Crippen LogP contribution in [0.4, 0.5) is 37.7 Å². The van der Waals surface area contributed by atoms with Gasteiger partial charge in [0, 0.05) is 29.9 Å². The van der Waals surface area contributed by atoms with E-state index in [0.717, 1.165) is 42.5 Å². The summed E-state index contributed by atoms with van der Waals surface area (Å²) < 4.78 is 107. The Hall–Kier alpha value is -4.27. The van der Waals surface area contributed by atoms with Crippen LogP contribution in [0, 0.1) is 5.41 Å². The first-order valence-electron chi connectivity index (χ1n) is 10.7. The Morgan fingerprint density at radius 2 is 1.59 bits per heavy atom. The molecule has 15 heteroatoms. The lowest BCUT2D eigenvalue weighted by molar-refractivity contribution is -0.137. The maximum absolute atomic E-state index is 13.2. The highest BCUT2D eigenvalue weighted by molar-refractivity contribution is 7.93. The van der Waals surface area contributed by atoms with Gasteiger partial charge in [-0.15, -0.1) is 0 Å². The van der Waals surface area contributed by atoms with Crippen LogP contribution in [-0.2, 0) is 22.8 Å². The molecule has 39 heavy (non-hydrogen) atoms. The number of benzene rings is 3. The van der Waals surface area contributed by atoms with Crippen LogP contribution in [-0.4, -0.2) is 32.7 Å². The summed E-state index contributed by atoms with van der Waals surface area (Å²) in [6.07, 6.45) is -4.59. The third kappa shape index (κ3) is 6.79. The smallest absolute Gasteiger partial charge is 0.487 e. The number of hydrogen-bond donors (Lipinski definition) is 3. The van der Waals surface area contributed by atoms with E-state index in [0.29, 0.717) is 7.05 Å². The van der Waals surface area contributed by atoms with Gasteiger partial charge in [-0.2, -0.15) is 34.8 Å². The molecule has 0 atom stereocenters. The number of ether oxygens (including phenoxy) is 1. The minimum absolute atomic E-state index is 0.00259. The van der Waals surface area contributed by atoms with Crippen molar-refractivity contribution in [3.8, 4) is 5.75 Å². The van der Waals surface area contributed by atoms with E-state index in [1.807, 2.05) is 0 Å². The van der Waals surface area contributed by atoms with Gasteiger partial charge >= 0.3 is 21.7 Å². The van der Waals surface area contributed by atoms with Crippen molar-refractivity contribution >= 4 is 33.1 Å². The number of hydrogen-bond acceptors (Lipinski definition) is 5. The standard InChI is InChI=1S/C24H20F6N4O4S/c1-34(39(36,37)24(28,29)30)19-10-9-18(33-22(35)16-4-2-3-15(11-16)21(31)32)12-20(19)38-13-14-5-7-17(8-6-14)23(25,26)27/h2-12H,13H2,1H3,(H3,31,32)(H,33,35). The number of halogens is 6. The lowest BCUT2D eigenvalue weighted by atomic mass is 10.1. The van der Waals surface area contributed by atoms with E-state index in [-0.39, 0.29) is 32.5 Å². The normalized spacial score (nSPS) is 12.1. The molecule has 3 aromatic rings. The molecule has 208 valence electrons. The predicted octanol–water partition coefficient (Wildman–Crippen LogP) is 5.11. The Labute approximate surface area is 218 Å². The maximum Gasteiger partial charge on any atom is 0.516 e. The van der Waals surface area contributed by atoms with Gasteiger partial charge in [0.05, 0.1) is 11.3 Å². The Bertz CT molecular complexity index is 1490. The number of anilines is 2. The van der Waals surface area contributed by atoms with Crippen molar-refractivity contribution in [2.45, 2.75) is 18.3 Å². The van der Waals surface area contributed by atoms with E-state index < -0.39 is 51.2 Å². The molecule has 0 bridgehead atoms. The second kappa shape index (κ2) is 10.8. The number of carbonyl (C=O) groups is 1. The van der Waals surface area contributed by atoms with Gasteiger partial charge in [0.25, 0.3) is 5.91 Å². The van der Waals surface area contributed by atoms with Crippen molar-refractivity contribution in [1.82, 2.24) is 0 Å². The van der Waals surface area contributed by atoms with Crippen LogP contribution in [0.2, 0.25) is 0 Å². The predicted molar refractivity (Wildman–Crippen MR) is 131 cm³/mol. The fourth-order valence-electron chi connectivity index (χ4n) is 3.23. The second-order valence-electron chi connectivity index (χ2n) is 8.03. The fourth-order valence-corrected chi connectivity index (χ4v) is 3.95. The number of amidine groups is 1. The molecule has 0 unspecified atom stereocenters. The number of rotatable bonds is 8. The number of amides is 1. The van der Waals surface area contributed by atoms with Crippen molar-refractivity contribution in [3.63, 3.8) is 0 Å². The van der Waals surface area contributed by atoms with E-state index >= 15 is 0 Å². The van der Waals surface area contributed by atoms with Crippen molar-refractivity contribution in [1.29, 1.82) is 5.41 Å². The minimum atomic E-state index is -5.84.